The molecule has 1 unspecified atom stereocenters. The molecule has 2 fully saturated rings. The Labute approximate surface area is 105 Å². The lowest BCUT2D eigenvalue weighted by Crippen LogP contribution is -2.39. The minimum Gasteiger partial charge on any atom is -0.314 e. The fourth-order valence-corrected chi connectivity index (χ4v) is 4.59. The third-order valence-electron chi connectivity index (χ3n) is 3.89. The summed E-state index contributed by atoms with van der Waals surface area (Å²) in [6.07, 6.45) is 5.40. The first-order valence-corrected chi connectivity index (χ1v) is 8.55. The van der Waals surface area contributed by atoms with E-state index in [1.54, 1.807) is 0 Å². The van der Waals surface area contributed by atoms with E-state index < -0.39 is 9.84 Å². The Morgan fingerprint density at radius 1 is 1.12 bits per heavy atom. The smallest absolute Gasteiger partial charge is 0.154 e. The molecule has 5 heteroatoms. The van der Waals surface area contributed by atoms with Gasteiger partial charge in [0.05, 0.1) is 11.0 Å². The molecule has 17 heavy (non-hydrogen) atoms. The van der Waals surface area contributed by atoms with Gasteiger partial charge in [-0.1, -0.05) is 6.42 Å². The second-order valence-electron chi connectivity index (χ2n) is 5.24. The molecule has 1 atom stereocenters. The molecule has 0 spiro atoms. The molecule has 0 radical (unpaired) electrons. The van der Waals surface area contributed by atoms with Crippen LogP contribution >= 0.6 is 0 Å². The maximum Gasteiger partial charge on any atom is 0.154 e. The van der Waals surface area contributed by atoms with Crippen molar-refractivity contribution in [2.75, 3.05) is 38.5 Å². The van der Waals surface area contributed by atoms with Gasteiger partial charge in [0.25, 0.3) is 0 Å². The van der Waals surface area contributed by atoms with E-state index in [0.29, 0.717) is 12.3 Å². The highest BCUT2D eigenvalue weighted by Gasteiger charge is 2.28. The molecule has 2 heterocycles. The Morgan fingerprint density at radius 3 is 2.59 bits per heavy atom. The third kappa shape index (κ3) is 3.93. The number of hydrogen-bond acceptors (Lipinski definition) is 4. The van der Waals surface area contributed by atoms with Gasteiger partial charge in [-0.05, 0) is 38.8 Å². The summed E-state index contributed by atoms with van der Waals surface area (Å²) in [5.74, 6) is 0.394. The number of rotatable bonds is 5. The van der Waals surface area contributed by atoms with E-state index in [1.807, 2.05) is 0 Å². The lowest BCUT2D eigenvalue weighted by molar-refractivity contribution is 0.335. The molecular formula is C12H24N2O2S. The highest BCUT2D eigenvalue weighted by atomic mass is 32.2. The van der Waals surface area contributed by atoms with Crippen LogP contribution in [0, 0.1) is 0 Å². The van der Waals surface area contributed by atoms with Crippen molar-refractivity contribution in [3.05, 3.63) is 0 Å². The molecule has 0 saturated carbocycles. The van der Waals surface area contributed by atoms with Gasteiger partial charge in [-0.25, -0.2) is 8.42 Å². The number of likely N-dealkylation sites (tertiary alicyclic amines) is 1. The van der Waals surface area contributed by atoms with Gasteiger partial charge in [0.1, 0.15) is 0 Å². The molecule has 0 aliphatic carbocycles. The Morgan fingerprint density at radius 2 is 1.88 bits per heavy atom. The zero-order valence-corrected chi connectivity index (χ0v) is 11.3. The summed E-state index contributed by atoms with van der Waals surface area (Å²) in [4.78, 5) is 2.45. The summed E-state index contributed by atoms with van der Waals surface area (Å²) in [7, 11) is -2.80. The number of nitrogens with zero attached hydrogens (tertiary/aromatic N) is 1. The van der Waals surface area contributed by atoms with Crippen molar-refractivity contribution in [3.8, 4) is 0 Å². The number of hydrogen-bond donors (Lipinski definition) is 1. The van der Waals surface area contributed by atoms with Crippen LogP contribution in [0.1, 0.15) is 32.1 Å². The minimum absolute atomic E-state index is 0.130. The van der Waals surface area contributed by atoms with Crippen LogP contribution in [0.25, 0.3) is 0 Å². The normalized spacial score (nSPS) is 29.5. The quantitative estimate of drug-likeness (QED) is 0.737. The second kappa shape index (κ2) is 6.16. The molecular weight excluding hydrogens is 236 g/mol. The Kier molecular flexibility index (Phi) is 4.82. The van der Waals surface area contributed by atoms with Crippen molar-refractivity contribution < 1.29 is 8.42 Å². The molecule has 0 amide bonds. The van der Waals surface area contributed by atoms with Gasteiger partial charge < -0.3 is 10.2 Å². The van der Waals surface area contributed by atoms with Crippen molar-refractivity contribution in [1.29, 1.82) is 0 Å². The second-order valence-corrected chi connectivity index (χ2v) is 7.64. The fourth-order valence-electron chi connectivity index (χ4n) is 2.76. The first kappa shape index (κ1) is 13.3. The van der Waals surface area contributed by atoms with E-state index in [1.165, 1.54) is 25.9 Å². The maximum atomic E-state index is 11.8. The standard InChI is InChI=1S/C12H24N2O2S/c15-17(16)10-4-1-5-12(17)11-13-6-9-14-7-2-3-8-14/h12-13H,1-11H2. The molecule has 0 bridgehead atoms. The molecule has 4 nitrogen and oxygen atoms in total. The van der Waals surface area contributed by atoms with Gasteiger partial charge in [-0.3, -0.25) is 0 Å². The molecule has 2 aliphatic heterocycles. The highest BCUT2D eigenvalue weighted by molar-refractivity contribution is 7.92. The van der Waals surface area contributed by atoms with Crippen LogP contribution in [0.15, 0.2) is 0 Å². The Bertz CT molecular complexity index is 323. The molecule has 2 saturated heterocycles. The van der Waals surface area contributed by atoms with E-state index in [-0.39, 0.29) is 5.25 Å². The number of sulfone groups is 1. The van der Waals surface area contributed by atoms with Crippen LogP contribution in [0.3, 0.4) is 0 Å². The third-order valence-corrected chi connectivity index (χ3v) is 6.16. The van der Waals surface area contributed by atoms with Gasteiger partial charge in [-0.2, -0.15) is 0 Å². The van der Waals surface area contributed by atoms with Crippen LogP contribution < -0.4 is 5.32 Å². The van der Waals surface area contributed by atoms with Crippen molar-refractivity contribution in [2.45, 2.75) is 37.4 Å². The first-order valence-electron chi connectivity index (χ1n) is 6.83. The monoisotopic (exact) mass is 260 g/mol. The van der Waals surface area contributed by atoms with Crippen LogP contribution in [0.5, 0.6) is 0 Å². The summed E-state index contributed by atoms with van der Waals surface area (Å²) >= 11 is 0. The molecule has 0 aromatic rings. The molecule has 2 rings (SSSR count). The fraction of sp³-hybridized carbons (Fsp3) is 1.00. The molecule has 0 aromatic carbocycles. The summed E-state index contributed by atoms with van der Waals surface area (Å²) < 4.78 is 23.6. The van der Waals surface area contributed by atoms with Gasteiger partial charge in [0.2, 0.25) is 0 Å². The van der Waals surface area contributed by atoms with Gasteiger partial charge in [0.15, 0.2) is 9.84 Å². The average molecular weight is 260 g/mol. The van der Waals surface area contributed by atoms with E-state index in [9.17, 15) is 8.42 Å². The van der Waals surface area contributed by atoms with Crippen LogP contribution in [-0.2, 0) is 9.84 Å². The van der Waals surface area contributed by atoms with Crippen molar-refractivity contribution >= 4 is 9.84 Å². The predicted octanol–water partition coefficient (Wildman–Crippen LogP) is 0.639. The lowest BCUT2D eigenvalue weighted by atomic mass is 10.2. The molecule has 1 N–H and O–H groups in total. The van der Waals surface area contributed by atoms with E-state index in [4.69, 9.17) is 0 Å². The topological polar surface area (TPSA) is 49.4 Å². The van der Waals surface area contributed by atoms with E-state index >= 15 is 0 Å². The summed E-state index contributed by atoms with van der Waals surface area (Å²) in [5.41, 5.74) is 0. The minimum atomic E-state index is -2.80. The van der Waals surface area contributed by atoms with Gasteiger partial charge in [0, 0.05) is 19.6 Å². The SMILES string of the molecule is O=S1(=O)CCCCC1CNCCN1CCCC1. The summed E-state index contributed by atoms with van der Waals surface area (Å²) in [5, 5.41) is 3.19. The van der Waals surface area contributed by atoms with Gasteiger partial charge in [-0.15, -0.1) is 0 Å². The largest absolute Gasteiger partial charge is 0.314 e. The van der Waals surface area contributed by atoms with E-state index in [2.05, 4.69) is 10.2 Å². The Hall–Kier alpha value is -0.130. The number of nitrogens with one attached hydrogen (secondary N) is 1. The lowest BCUT2D eigenvalue weighted by Gasteiger charge is -2.23. The Balaban J connectivity index is 1.63. The molecule has 100 valence electrons. The first-order chi connectivity index (χ1) is 8.18. The van der Waals surface area contributed by atoms with Crippen LogP contribution in [0.2, 0.25) is 0 Å². The summed E-state index contributed by atoms with van der Waals surface area (Å²) in [6.45, 7) is 5.06. The summed E-state index contributed by atoms with van der Waals surface area (Å²) in [6, 6.07) is 0. The van der Waals surface area contributed by atoms with Crippen molar-refractivity contribution in [2.24, 2.45) is 0 Å². The zero-order chi connectivity index (χ0) is 12.1. The zero-order valence-electron chi connectivity index (χ0n) is 10.5. The molecule has 0 aromatic heterocycles. The predicted molar refractivity (Wildman–Crippen MR) is 70.0 cm³/mol. The van der Waals surface area contributed by atoms with E-state index in [0.717, 1.165) is 32.4 Å². The van der Waals surface area contributed by atoms with Crippen LogP contribution in [-0.4, -0.2) is 57.0 Å². The molecule has 2 aliphatic rings. The maximum absolute atomic E-state index is 11.8. The average Bonchev–Trinajstić information content (AvgIpc) is 2.79. The highest BCUT2D eigenvalue weighted by Crippen LogP contribution is 2.18. The van der Waals surface area contributed by atoms with Gasteiger partial charge >= 0.3 is 0 Å². The van der Waals surface area contributed by atoms with Crippen LogP contribution in [0.4, 0.5) is 0 Å². The van der Waals surface area contributed by atoms with Crippen molar-refractivity contribution in [1.82, 2.24) is 10.2 Å². The van der Waals surface area contributed by atoms with Crippen molar-refractivity contribution in [3.63, 3.8) is 0 Å².